The minimum absolute atomic E-state index is 0.0913. The molecule has 1 fully saturated rings. The number of anilines is 1. The zero-order chi connectivity index (χ0) is 13.1. The zero-order valence-electron chi connectivity index (χ0n) is 11.5. The number of hydrogen-bond acceptors (Lipinski definition) is 2. The first-order chi connectivity index (χ1) is 8.67. The Labute approximate surface area is 109 Å². The van der Waals surface area contributed by atoms with Crippen LogP contribution in [0.1, 0.15) is 38.3 Å². The highest BCUT2D eigenvalue weighted by molar-refractivity contribution is 5.56. The van der Waals surface area contributed by atoms with Crippen LogP contribution in [0, 0.1) is 11.7 Å². The molecule has 0 radical (unpaired) electrons. The van der Waals surface area contributed by atoms with E-state index in [-0.39, 0.29) is 11.9 Å². The summed E-state index contributed by atoms with van der Waals surface area (Å²) in [5, 5.41) is 3.20. The van der Waals surface area contributed by atoms with E-state index in [1.165, 1.54) is 12.8 Å². The van der Waals surface area contributed by atoms with E-state index in [0.717, 1.165) is 24.3 Å². The number of halogens is 1. The highest BCUT2D eigenvalue weighted by atomic mass is 19.1. The summed E-state index contributed by atoms with van der Waals surface area (Å²) in [5.74, 6) is 0.619. The molecule has 0 saturated carbocycles. The third-order valence-corrected chi connectivity index (χ3v) is 4.10. The summed E-state index contributed by atoms with van der Waals surface area (Å²) in [7, 11) is 1.91. The molecule has 1 aliphatic rings. The van der Waals surface area contributed by atoms with Crippen molar-refractivity contribution in [3.05, 3.63) is 29.6 Å². The Hall–Kier alpha value is -1.09. The predicted octanol–water partition coefficient (Wildman–Crippen LogP) is 3.34. The van der Waals surface area contributed by atoms with E-state index in [2.05, 4.69) is 24.1 Å². The Morgan fingerprint density at radius 1 is 1.50 bits per heavy atom. The van der Waals surface area contributed by atoms with Crippen molar-refractivity contribution in [1.82, 2.24) is 5.32 Å². The van der Waals surface area contributed by atoms with E-state index in [9.17, 15) is 4.39 Å². The van der Waals surface area contributed by atoms with E-state index in [0.29, 0.717) is 5.92 Å². The fraction of sp³-hybridized carbons (Fsp3) is 0.600. The van der Waals surface area contributed by atoms with Crippen molar-refractivity contribution >= 4 is 5.69 Å². The maximum Gasteiger partial charge on any atom is 0.146 e. The molecule has 2 nitrogen and oxygen atoms in total. The lowest BCUT2D eigenvalue weighted by Crippen LogP contribution is -2.24. The van der Waals surface area contributed by atoms with Gasteiger partial charge in [0, 0.05) is 19.1 Å². The first kappa shape index (κ1) is 13.3. The second kappa shape index (κ2) is 5.70. The third kappa shape index (κ3) is 2.51. The number of nitrogens with zero attached hydrogens (tertiary/aromatic N) is 1. The summed E-state index contributed by atoms with van der Waals surface area (Å²) in [6, 6.07) is 5.57. The van der Waals surface area contributed by atoms with Gasteiger partial charge in [-0.25, -0.2) is 4.39 Å². The SMILES string of the molecule is CCC1CCN(c2c(F)cccc2C(C)NC)C1. The molecule has 0 amide bonds. The summed E-state index contributed by atoms with van der Waals surface area (Å²) in [5.41, 5.74) is 1.87. The van der Waals surface area contributed by atoms with Gasteiger partial charge in [0.05, 0.1) is 5.69 Å². The lowest BCUT2D eigenvalue weighted by atomic mass is 10.0. The van der Waals surface area contributed by atoms with Crippen LogP contribution in [-0.4, -0.2) is 20.1 Å². The van der Waals surface area contributed by atoms with Crippen molar-refractivity contribution < 1.29 is 4.39 Å². The van der Waals surface area contributed by atoms with Crippen molar-refractivity contribution in [2.24, 2.45) is 5.92 Å². The van der Waals surface area contributed by atoms with Crippen molar-refractivity contribution in [3.8, 4) is 0 Å². The standard InChI is InChI=1S/C15H23FN2/c1-4-12-8-9-18(10-12)15-13(11(2)17-3)6-5-7-14(15)16/h5-7,11-12,17H,4,8-10H2,1-3H3. The lowest BCUT2D eigenvalue weighted by molar-refractivity contribution is 0.565. The van der Waals surface area contributed by atoms with Gasteiger partial charge in [-0.1, -0.05) is 25.5 Å². The van der Waals surface area contributed by atoms with Crippen LogP contribution in [-0.2, 0) is 0 Å². The van der Waals surface area contributed by atoms with Crippen LogP contribution >= 0.6 is 0 Å². The molecule has 0 spiro atoms. The van der Waals surface area contributed by atoms with Gasteiger partial charge in [-0.2, -0.15) is 0 Å². The van der Waals surface area contributed by atoms with Gasteiger partial charge < -0.3 is 10.2 Å². The molecule has 1 saturated heterocycles. The molecule has 100 valence electrons. The van der Waals surface area contributed by atoms with E-state index < -0.39 is 0 Å². The summed E-state index contributed by atoms with van der Waals surface area (Å²) >= 11 is 0. The van der Waals surface area contributed by atoms with Gasteiger partial charge in [0.2, 0.25) is 0 Å². The minimum atomic E-state index is -0.0913. The molecule has 1 aromatic carbocycles. The minimum Gasteiger partial charge on any atom is -0.369 e. The molecule has 1 aromatic rings. The van der Waals surface area contributed by atoms with Gasteiger partial charge in [-0.15, -0.1) is 0 Å². The Bertz CT molecular complexity index is 405. The Kier molecular flexibility index (Phi) is 4.23. The Morgan fingerprint density at radius 2 is 2.28 bits per heavy atom. The lowest BCUT2D eigenvalue weighted by Gasteiger charge is -2.25. The molecule has 1 N–H and O–H groups in total. The summed E-state index contributed by atoms with van der Waals surface area (Å²) in [6.45, 7) is 6.25. The van der Waals surface area contributed by atoms with Crippen LogP contribution < -0.4 is 10.2 Å². The van der Waals surface area contributed by atoms with Gasteiger partial charge in [-0.3, -0.25) is 0 Å². The highest BCUT2D eigenvalue weighted by Crippen LogP contribution is 2.33. The molecule has 2 atom stereocenters. The average molecular weight is 250 g/mol. The third-order valence-electron chi connectivity index (χ3n) is 4.10. The van der Waals surface area contributed by atoms with Crippen LogP contribution in [0.2, 0.25) is 0 Å². The summed E-state index contributed by atoms with van der Waals surface area (Å²) in [4.78, 5) is 2.21. The Balaban J connectivity index is 2.31. The largest absolute Gasteiger partial charge is 0.369 e. The number of para-hydroxylation sites is 1. The van der Waals surface area contributed by atoms with E-state index in [1.807, 2.05) is 13.1 Å². The van der Waals surface area contributed by atoms with Crippen LogP contribution in [0.5, 0.6) is 0 Å². The van der Waals surface area contributed by atoms with Crippen LogP contribution in [0.25, 0.3) is 0 Å². The number of benzene rings is 1. The molecule has 0 aliphatic carbocycles. The molecule has 18 heavy (non-hydrogen) atoms. The monoisotopic (exact) mass is 250 g/mol. The summed E-state index contributed by atoms with van der Waals surface area (Å²) in [6.07, 6.45) is 2.36. The van der Waals surface area contributed by atoms with Crippen molar-refractivity contribution in [2.75, 3.05) is 25.0 Å². The number of nitrogens with one attached hydrogen (secondary N) is 1. The molecule has 2 unspecified atom stereocenters. The molecule has 2 rings (SSSR count). The molecule has 3 heteroatoms. The number of rotatable bonds is 4. The van der Waals surface area contributed by atoms with Crippen molar-refractivity contribution in [2.45, 2.75) is 32.7 Å². The second-order valence-corrected chi connectivity index (χ2v) is 5.20. The van der Waals surface area contributed by atoms with E-state index in [1.54, 1.807) is 12.1 Å². The fourth-order valence-corrected chi connectivity index (χ4v) is 2.74. The van der Waals surface area contributed by atoms with Gasteiger partial charge in [0.1, 0.15) is 5.82 Å². The molecular weight excluding hydrogens is 227 g/mol. The molecular formula is C15H23FN2. The summed E-state index contributed by atoms with van der Waals surface area (Å²) < 4.78 is 14.2. The van der Waals surface area contributed by atoms with Crippen molar-refractivity contribution in [1.29, 1.82) is 0 Å². The van der Waals surface area contributed by atoms with Crippen LogP contribution in [0.4, 0.5) is 10.1 Å². The first-order valence-corrected chi connectivity index (χ1v) is 6.88. The number of hydrogen-bond donors (Lipinski definition) is 1. The van der Waals surface area contributed by atoms with E-state index in [4.69, 9.17) is 0 Å². The maximum absolute atomic E-state index is 14.2. The van der Waals surface area contributed by atoms with E-state index >= 15 is 0 Å². The van der Waals surface area contributed by atoms with Gasteiger partial charge in [-0.05, 0) is 37.9 Å². The van der Waals surface area contributed by atoms with Crippen LogP contribution in [0.15, 0.2) is 18.2 Å². The average Bonchev–Trinajstić information content (AvgIpc) is 2.86. The van der Waals surface area contributed by atoms with Crippen molar-refractivity contribution in [3.63, 3.8) is 0 Å². The highest BCUT2D eigenvalue weighted by Gasteiger charge is 2.26. The molecule has 0 bridgehead atoms. The fourth-order valence-electron chi connectivity index (χ4n) is 2.74. The zero-order valence-corrected chi connectivity index (χ0v) is 11.5. The van der Waals surface area contributed by atoms with Gasteiger partial charge in [0.25, 0.3) is 0 Å². The first-order valence-electron chi connectivity index (χ1n) is 6.88. The van der Waals surface area contributed by atoms with Gasteiger partial charge >= 0.3 is 0 Å². The van der Waals surface area contributed by atoms with Crippen LogP contribution in [0.3, 0.4) is 0 Å². The molecule has 0 aromatic heterocycles. The maximum atomic E-state index is 14.2. The Morgan fingerprint density at radius 3 is 2.89 bits per heavy atom. The topological polar surface area (TPSA) is 15.3 Å². The predicted molar refractivity (Wildman–Crippen MR) is 74.5 cm³/mol. The normalized spacial score (nSPS) is 21.3. The second-order valence-electron chi connectivity index (χ2n) is 5.20. The molecule has 1 heterocycles. The van der Waals surface area contributed by atoms with Gasteiger partial charge in [0.15, 0.2) is 0 Å². The quantitative estimate of drug-likeness (QED) is 0.881. The molecule has 1 aliphatic heterocycles. The smallest absolute Gasteiger partial charge is 0.146 e.